The van der Waals surface area contributed by atoms with E-state index in [0.29, 0.717) is 11.4 Å². The molecule has 0 radical (unpaired) electrons. The highest BCUT2D eigenvalue weighted by molar-refractivity contribution is 6.03. The van der Waals surface area contributed by atoms with E-state index in [9.17, 15) is 9.59 Å². The summed E-state index contributed by atoms with van der Waals surface area (Å²) in [4.78, 5) is 23.0. The largest absolute Gasteiger partial charge is 0.312 e. The monoisotopic (exact) mass is 270 g/mol. The highest BCUT2D eigenvalue weighted by atomic mass is 16.2. The maximum Gasteiger partial charge on any atom is 0.264 e. The van der Waals surface area contributed by atoms with Gasteiger partial charge in [0.2, 0.25) is 0 Å². The van der Waals surface area contributed by atoms with Crippen molar-refractivity contribution in [3.8, 4) is 0 Å². The van der Waals surface area contributed by atoms with E-state index in [0.717, 1.165) is 25.1 Å². The number of aromatic nitrogens is 2. The molecule has 2 aromatic rings. The highest BCUT2D eigenvalue weighted by Crippen LogP contribution is 2.16. The minimum absolute atomic E-state index is 0.238. The van der Waals surface area contributed by atoms with Crippen LogP contribution in [0.3, 0.4) is 0 Å². The van der Waals surface area contributed by atoms with Gasteiger partial charge >= 0.3 is 0 Å². The van der Waals surface area contributed by atoms with E-state index in [1.807, 2.05) is 18.2 Å². The Bertz CT molecular complexity index is 688. The second-order valence-corrected chi connectivity index (χ2v) is 4.67. The van der Waals surface area contributed by atoms with Gasteiger partial charge in [0.25, 0.3) is 11.5 Å². The number of aromatic amines is 1. The maximum absolute atomic E-state index is 12.1. The van der Waals surface area contributed by atoms with Crippen LogP contribution in [-0.2, 0) is 13.0 Å². The van der Waals surface area contributed by atoms with Crippen LogP contribution in [0.2, 0.25) is 0 Å². The molecule has 6 nitrogen and oxygen atoms in total. The van der Waals surface area contributed by atoms with Crippen molar-refractivity contribution in [1.29, 1.82) is 0 Å². The van der Waals surface area contributed by atoms with Crippen molar-refractivity contribution in [2.45, 2.75) is 13.0 Å². The lowest BCUT2D eigenvalue weighted by molar-refractivity contribution is 0.102. The van der Waals surface area contributed by atoms with Crippen LogP contribution in [0.15, 0.2) is 35.1 Å². The molecular weight excluding hydrogens is 256 g/mol. The number of nitrogens with zero attached hydrogens (tertiary/aromatic N) is 1. The van der Waals surface area contributed by atoms with Crippen molar-refractivity contribution in [3.05, 3.63) is 57.4 Å². The number of hydrogen-bond donors (Lipinski definition) is 3. The number of carbonyl (C=O) groups is 1. The first-order valence-corrected chi connectivity index (χ1v) is 6.42. The van der Waals surface area contributed by atoms with Crippen molar-refractivity contribution in [2.75, 3.05) is 11.9 Å². The van der Waals surface area contributed by atoms with Crippen molar-refractivity contribution >= 4 is 11.7 Å². The number of fused-ring (bicyclic) bond motifs is 1. The summed E-state index contributed by atoms with van der Waals surface area (Å²) in [6.45, 7) is 1.76. The Hall–Kier alpha value is -2.47. The lowest BCUT2D eigenvalue weighted by Crippen LogP contribution is -2.24. The second-order valence-electron chi connectivity index (χ2n) is 4.67. The minimum atomic E-state index is -0.303. The van der Waals surface area contributed by atoms with E-state index >= 15 is 0 Å². The number of rotatable bonds is 2. The summed E-state index contributed by atoms with van der Waals surface area (Å²) in [6, 6.07) is 8.48. The van der Waals surface area contributed by atoms with Gasteiger partial charge in [-0.3, -0.25) is 9.59 Å². The molecule has 1 amide bonds. The van der Waals surface area contributed by atoms with Gasteiger partial charge in [-0.1, -0.05) is 6.07 Å². The van der Waals surface area contributed by atoms with Crippen molar-refractivity contribution in [1.82, 2.24) is 15.5 Å². The Balaban J connectivity index is 1.80. The zero-order chi connectivity index (χ0) is 13.9. The van der Waals surface area contributed by atoms with Gasteiger partial charge in [-0.05, 0) is 42.3 Å². The average Bonchev–Trinajstić information content (AvgIpc) is 2.49. The van der Waals surface area contributed by atoms with E-state index < -0.39 is 0 Å². The van der Waals surface area contributed by atoms with Crippen molar-refractivity contribution in [3.63, 3.8) is 0 Å². The molecule has 102 valence electrons. The number of nitrogens with one attached hydrogen (secondary N) is 3. The Labute approximate surface area is 115 Å². The number of H-pyrrole nitrogens is 1. The molecule has 0 spiro atoms. The third kappa shape index (κ3) is 2.60. The Kier molecular flexibility index (Phi) is 3.30. The second kappa shape index (κ2) is 5.26. The average molecular weight is 270 g/mol. The molecule has 3 rings (SSSR count). The summed E-state index contributed by atoms with van der Waals surface area (Å²) >= 11 is 0. The van der Waals surface area contributed by atoms with Gasteiger partial charge in [0, 0.05) is 18.2 Å². The quantitative estimate of drug-likeness (QED) is 0.748. The molecule has 0 bridgehead atoms. The van der Waals surface area contributed by atoms with Gasteiger partial charge in [0.1, 0.15) is 0 Å². The van der Waals surface area contributed by atoms with Gasteiger partial charge in [-0.2, -0.15) is 5.10 Å². The first-order valence-electron chi connectivity index (χ1n) is 6.42. The predicted octanol–water partition coefficient (Wildman–Crippen LogP) is 0.668. The number of anilines is 1. The number of carbonyl (C=O) groups excluding carboxylic acids is 1. The molecule has 6 heteroatoms. The summed E-state index contributed by atoms with van der Waals surface area (Å²) in [6.07, 6.45) is 0.985. The Morgan fingerprint density at radius 2 is 2.10 bits per heavy atom. The van der Waals surface area contributed by atoms with Crippen LogP contribution in [0, 0.1) is 0 Å². The van der Waals surface area contributed by atoms with Crippen LogP contribution >= 0.6 is 0 Å². The molecule has 0 aliphatic carbocycles. The predicted molar refractivity (Wildman–Crippen MR) is 74.7 cm³/mol. The maximum atomic E-state index is 12.1. The number of amides is 1. The molecule has 2 heterocycles. The van der Waals surface area contributed by atoms with Gasteiger partial charge in [0.05, 0.1) is 0 Å². The molecule has 1 aromatic carbocycles. The smallest absolute Gasteiger partial charge is 0.264 e. The number of hydrogen-bond acceptors (Lipinski definition) is 4. The van der Waals surface area contributed by atoms with Crippen LogP contribution < -0.4 is 16.2 Å². The fourth-order valence-electron chi connectivity index (χ4n) is 2.22. The summed E-state index contributed by atoms with van der Waals surface area (Å²) < 4.78 is 0. The lowest BCUT2D eigenvalue weighted by Gasteiger charge is -2.17. The van der Waals surface area contributed by atoms with Crippen LogP contribution in [0.1, 0.15) is 21.5 Å². The van der Waals surface area contributed by atoms with E-state index in [1.54, 1.807) is 0 Å². The normalized spacial score (nSPS) is 13.6. The van der Waals surface area contributed by atoms with Crippen LogP contribution in [0.5, 0.6) is 0 Å². The fourth-order valence-corrected chi connectivity index (χ4v) is 2.22. The first kappa shape index (κ1) is 12.6. The molecule has 1 aromatic heterocycles. The molecular formula is C14H14N4O2. The lowest BCUT2D eigenvalue weighted by atomic mass is 9.98. The Morgan fingerprint density at radius 1 is 1.20 bits per heavy atom. The van der Waals surface area contributed by atoms with E-state index in [-0.39, 0.29) is 11.5 Å². The van der Waals surface area contributed by atoms with E-state index in [2.05, 4.69) is 20.8 Å². The Morgan fingerprint density at radius 3 is 2.90 bits per heavy atom. The van der Waals surface area contributed by atoms with Gasteiger partial charge in [-0.25, -0.2) is 5.10 Å². The molecule has 0 saturated carbocycles. The molecule has 1 aliphatic rings. The molecule has 20 heavy (non-hydrogen) atoms. The van der Waals surface area contributed by atoms with E-state index in [4.69, 9.17) is 0 Å². The van der Waals surface area contributed by atoms with Crippen LogP contribution in [-0.4, -0.2) is 22.6 Å². The summed E-state index contributed by atoms with van der Waals surface area (Å²) in [5, 5.41) is 12.0. The zero-order valence-corrected chi connectivity index (χ0v) is 10.8. The molecule has 3 N–H and O–H groups in total. The van der Waals surface area contributed by atoms with Gasteiger partial charge in [-0.15, -0.1) is 0 Å². The molecule has 1 aliphatic heterocycles. The SMILES string of the molecule is O=C(Nc1ccc(=O)[nH]n1)c1ccc2c(c1)CNCC2. The standard InChI is InChI=1S/C14H14N4O2/c19-13-4-3-12(17-18-13)16-14(20)10-2-1-9-5-6-15-8-11(9)7-10/h1-4,7,15H,5-6,8H2,(H,18,19)(H,16,17,20). The van der Waals surface area contributed by atoms with Gasteiger partial charge in [0.15, 0.2) is 5.82 Å². The zero-order valence-electron chi connectivity index (χ0n) is 10.8. The van der Waals surface area contributed by atoms with Crippen molar-refractivity contribution in [2.24, 2.45) is 0 Å². The summed E-state index contributed by atoms with van der Waals surface area (Å²) in [5.74, 6) is 0.0865. The minimum Gasteiger partial charge on any atom is -0.312 e. The topological polar surface area (TPSA) is 86.9 Å². The molecule has 0 unspecified atom stereocenters. The molecule has 0 fully saturated rings. The fraction of sp³-hybridized carbons (Fsp3) is 0.214. The summed E-state index contributed by atoms with van der Waals surface area (Å²) in [5.41, 5.74) is 2.71. The van der Waals surface area contributed by atoms with E-state index in [1.165, 1.54) is 17.7 Å². The number of benzene rings is 1. The third-order valence-corrected chi connectivity index (χ3v) is 3.28. The highest BCUT2D eigenvalue weighted by Gasteiger charge is 2.12. The first-order chi connectivity index (χ1) is 9.72. The summed E-state index contributed by atoms with van der Waals surface area (Å²) in [7, 11) is 0. The van der Waals surface area contributed by atoms with Crippen LogP contribution in [0.25, 0.3) is 0 Å². The van der Waals surface area contributed by atoms with Crippen molar-refractivity contribution < 1.29 is 4.79 Å². The van der Waals surface area contributed by atoms with Gasteiger partial charge < -0.3 is 10.6 Å². The van der Waals surface area contributed by atoms with Crippen LogP contribution in [0.4, 0.5) is 5.82 Å². The molecule has 0 atom stereocenters. The molecule has 0 saturated heterocycles. The third-order valence-electron chi connectivity index (χ3n) is 3.28.